The van der Waals surface area contributed by atoms with E-state index in [0.717, 1.165) is 19.3 Å². The molecule has 0 unspecified atom stereocenters. The van der Waals surface area contributed by atoms with Crippen LogP contribution in [-0.4, -0.2) is 11.9 Å². The van der Waals surface area contributed by atoms with E-state index in [9.17, 15) is 4.79 Å². The number of carbonyl (C=O) groups is 1. The first-order chi connectivity index (χ1) is 13.3. The van der Waals surface area contributed by atoms with Crippen LogP contribution in [0.25, 0.3) is 0 Å². The molecule has 0 radical (unpaired) electrons. The zero-order valence-electron chi connectivity index (χ0n) is 16.1. The van der Waals surface area contributed by atoms with E-state index >= 15 is 0 Å². The maximum absolute atomic E-state index is 13.1. The van der Waals surface area contributed by atoms with Gasteiger partial charge in [0.05, 0.1) is 0 Å². The predicted octanol–water partition coefficient (Wildman–Crippen LogP) is 5.13. The summed E-state index contributed by atoms with van der Waals surface area (Å²) >= 11 is 0. The topological polar surface area (TPSA) is 17.1 Å². The highest BCUT2D eigenvalue weighted by atomic mass is 31.2. The van der Waals surface area contributed by atoms with E-state index in [1.165, 1.54) is 15.9 Å². The monoisotopic (exact) mass is 375 g/mol. The van der Waals surface area contributed by atoms with E-state index in [-0.39, 0.29) is 0 Å². The molecule has 0 atom stereocenters. The quantitative estimate of drug-likeness (QED) is 0.374. The number of Topliss-reactive ketones (excluding diaryl/α,β-unsaturated/α-hetero) is 1. The lowest BCUT2D eigenvalue weighted by Crippen LogP contribution is -2.35. The molecule has 0 fully saturated rings. The molecular weight excluding hydrogens is 347 g/mol. The Morgan fingerprint density at radius 3 is 1.44 bits per heavy atom. The number of carbonyl (C=O) groups excluding carboxylic acids is 1. The summed E-state index contributed by atoms with van der Waals surface area (Å²) < 4.78 is 0. The van der Waals surface area contributed by atoms with Crippen molar-refractivity contribution < 1.29 is 4.79 Å². The molecule has 138 valence electrons. The second-order valence-electron chi connectivity index (χ2n) is 6.97. The Balaban J connectivity index is 2.12. The molecule has 3 aromatic rings. The van der Waals surface area contributed by atoms with Gasteiger partial charge in [-0.1, -0.05) is 74.4 Å². The number of benzene rings is 3. The van der Waals surface area contributed by atoms with Gasteiger partial charge in [-0.15, -0.1) is 0 Å². The summed E-state index contributed by atoms with van der Waals surface area (Å²) in [5, 5.41) is 3.85. The van der Waals surface area contributed by atoms with Crippen molar-refractivity contribution in [1.29, 1.82) is 0 Å². The van der Waals surface area contributed by atoms with Crippen LogP contribution in [0.15, 0.2) is 91.0 Å². The van der Waals surface area contributed by atoms with E-state index in [4.69, 9.17) is 0 Å². The maximum Gasteiger partial charge on any atom is 0.171 e. The standard InChI is InChI=1S/C25H28OP/c1-2-3-7-14-22(26)21-27(23-15-8-4-9-16-23,24-17-10-5-11-18-24)25-19-12-6-13-20-25/h4-6,8-13,15-20H,2-3,7,14,21H2,1H3/q+1. The Morgan fingerprint density at radius 2 is 1.07 bits per heavy atom. The molecule has 3 aromatic carbocycles. The van der Waals surface area contributed by atoms with Crippen molar-refractivity contribution in [2.75, 3.05) is 6.16 Å². The number of ketones is 1. The molecule has 0 aliphatic heterocycles. The van der Waals surface area contributed by atoms with Crippen LogP contribution in [0.2, 0.25) is 0 Å². The smallest absolute Gasteiger partial charge is 0.171 e. The first-order valence-corrected chi connectivity index (χ1v) is 11.8. The molecule has 27 heavy (non-hydrogen) atoms. The highest BCUT2D eigenvalue weighted by Gasteiger charge is 2.46. The van der Waals surface area contributed by atoms with Crippen molar-refractivity contribution in [2.45, 2.75) is 32.6 Å². The summed E-state index contributed by atoms with van der Waals surface area (Å²) in [6, 6.07) is 31.9. The molecular formula is C25H28OP+. The molecule has 0 saturated carbocycles. The second-order valence-corrected chi connectivity index (χ2v) is 10.5. The molecule has 0 amide bonds. The minimum absolute atomic E-state index is 0.383. The zero-order chi connectivity index (χ0) is 19.0. The third-order valence-corrected chi connectivity index (χ3v) is 9.43. The minimum Gasteiger partial charge on any atom is -0.296 e. The lowest BCUT2D eigenvalue weighted by Gasteiger charge is -2.27. The Hall–Kier alpha value is -2.24. The Kier molecular flexibility index (Phi) is 6.96. The number of hydrogen-bond acceptors (Lipinski definition) is 1. The molecule has 0 N–H and O–H groups in total. The molecule has 1 nitrogen and oxygen atoms in total. The van der Waals surface area contributed by atoms with Crippen LogP contribution in [0.4, 0.5) is 0 Å². The number of hydrogen-bond donors (Lipinski definition) is 0. The average Bonchev–Trinajstić information content (AvgIpc) is 2.74. The van der Waals surface area contributed by atoms with E-state index in [2.05, 4.69) is 97.9 Å². The van der Waals surface area contributed by atoms with Crippen LogP contribution >= 0.6 is 7.26 Å². The van der Waals surface area contributed by atoms with Gasteiger partial charge >= 0.3 is 0 Å². The number of rotatable bonds is 9. The van der Waals surface area contributed by atoms with Crippen LogP contribution in [0, 0.1) is 0 Å². The normalized spacial score (nSPS) is 11.3. The molecule has 0 spiro atoms. The average molecular weight is 375 g/mol. The van der Waals surface area contributed by atoms with Crippen LogP contribution in [0.3, 0.4) is 0 Å². The third kappa shape index (κ3) is 4.54. The molecule has 0 aliphatic carbocycles. The zero-order valence-corrected chi connectivity index (χ0v) is 16.9. The lowest BCUT2D eigenvalue weighted by atomic mass is 10.2. The van der Waals surface area contributed by atoms with Crippen LogP contribution in [0.5, 0.6) is 0 Å². The molecule has 0 aromatic heterocycles. The summed E-state index contributed by atoms with van der Waals surface area (Å²) in [4.78, 5) is 13.1. The first-order valence-electron chi connectivity index (χ1n) is 9.84. The Morgan fingerprint density at radius 1 is 0.667 bits per heavy atom. The summed E-state index contributed by atoms with van der Waals surface area (Å²) in [7, 11) is -2.01. The second kappa shape index (κ2) is 9.62. The Bertz CT molecular complexity index is 731. The van der Waals surface area contributed by atoms with Crippen LogP contribution in [0.1, 0.15) is 32.6 Å². The lowest BCUT2D eigenvalue weighted by molar-refractivity contribution is -0.116. The third-order valence-electron chi connectivity index (χ3n) is 5.06. The maximum atomic E-state index is 13.1. The molecule has 3 rings (SSSR count). The van der Waals surface area contributed by atoms with Crippen LogP contribution in [-0.2, 0) is 4.79 Å². The summed E-state index contributed by atoms with van der Waals surface area (Å²) in [6.07, 6.45) is 4.55. The fourth-order valence-corrected chi connectivity index (χ4v) is 7.86. The van der Waals surface area contributed by atoms with E-state index < -0.39 is 7.26 Å². The SMILES string of the molecule is CCCCCC(=O)C[P+](c1ccccc1)(c1ccccc1)c1ccccc1. The molecule has 0 aliphatic rings. The van der Waals surface area contributed by atoms with Crippen molar-refractivity contribution in [2.24, 2.45) is 0 Å². The molecule has 0 heterocycles. The van der Waals surface area contributed by atoms with Gasteiger partial charge in [-0.3, -0.25) is 4.79 Å². The fourth-order valence-electron chi connectivity index (χ4n) is 3.68. The van der Waals surface area contributed by atoms with Gasteiger partial charge in [0, 0.05) is 6.42 Å². The predicted molar refractivity (Wildman–Crippen MR) is 119 cm³/mol. The molecule has 2 heteroatoms. The van der Waals surface area contributed by atoms with Crippen molar-refractivity contribution in [1.82, 2.24) is 0 Å². The largest absolute Gasteiger partial charge is 0.296 e. The summed E-state index contributed by atoms with van der Waals surface area (Å²) in [6.45, 7) is 2.18. The minimum atomic E-state index is -2.01. The Labute approximate surface area is 163 Å². The van der Waals surface area contributed by atoms with Gasteiger partial charge in [0.2, 0.25) is 0 Å². The fraction of sp³-hybridized carbons (Fsp3) is 0.240. The van der Waals surface area contributed by atoms with Crippen molar-refractivity contribution >= 4 is 29.0 Å². The van der Waals surface area contributed by atoms with Gasteiger partial charge in [-0.2, -0.15) is 0 Å². The summed E-state index contributed by atoms with van der Waals surface area (Å²) in [5.41, 5.74) is 0. The first kappa shape index (κ1) is 19.5. The van der Waals surface area contributed by atoms with Gasteiger partial charge in [0.15, 0.2) is 5.78 Å². The highest BCUT2D eigenvalue weighted by Crippen LogP contribution is 2.55. The van der Waals surface area contributed by atoms with Gasteiger partial charge < -0.3 is 0 Å². The molecule has 0 bridgehead atoms. The van der Waals surface area contributed by atoms with Gasteiger partial charge in [-0.05, 0) is 42.8 Å². The van der Waals surface area contributed by atoms with Crippen molar-refractivity contribution in [3.05, 3.63) is 91.0 Å². The van der Waals surface area contributed by atoms with Gasteiger partial charge in [-0.25, -0.2) is 0 Å². The van der Waals surface area contributed by atoms with E-state index in [0.29, 0.717) is 18.4 Å². The van der Waals surface area contributed by atoms with Crippen molar-refractivity contribution in [3.8, 4) is 0 Å². The highest BCUT2D eigenvalue weighted by molar-refractivity contribution is 7.96. The van der Waals surface area contributed by atoms with Crippen molar-refractivity contribution in [3.63, 3.8) is 0 Å². The van der Waals surface area contributed by atoms with Crippen LogP contribution < -0.4 is 15.9 Å². The summed E-state index contributed by atoms with van der Waals surface area (Å²) in [5.74, 6) is 0.383. The van der Waals surface area contributed by atoms with E-state index in [1.807, 2.05) is 0 Å². The number of unbranched alkanes of at least 4 members (excludes halogenated alkanes) is 2. The van der Waals surface area contributed by atoms with Gasteiger partial charge in [0.25, 0.3) is 0 Å². The van der Waals surface area contributed by atoms with E-state index in [1.54, 1.807) is 0 Å². The molecule has 0 saturated heterocycles. The van der Waals surface area contributed by atoms with Gasteiger partial charge in [0.1, 0.15) is 29.3 Å².